The second kappa shape index (κ2) is 10.7. The van der Waals surface area contributed by atoms with E-state index in [1.165, 1.54) is 21.8 Å². The van der Waals surface area contributed by atoms with Crippen LogP contribution in [0.25, 0.3) is 17.1 Å². The summed E-state index contributed by atoms with van der Waals surface area (Å²) in [5, 5.41) is 40.9. The van der Waals surface area contributed by atoms with Crippen LogP contribution in [0.15, 0.2) is 49.1 Å². The average Bonchev–Trinajstić information content (AvgIpc) is 3.74. The number of aliphatic hydroxyl groups is 3. The van der Waals surface area contributed by atoms with Gasteiger partial charge in [-0.2, -0.15) is 15.1 Å². The SMILES string of the molecule is O=C(Cc1ccccc1)Nc1cnn(-c2nc(N[C@@H]3CCOC3)c3ncn([C@@H]4O[C@H](CO)[C@@H](O)[C@H]4O)c3n2)c1. The van der Waals surface area contributed by atoms with Gasteiger partial charge in [-0.3, -0.25) is 9.36 Å². The molecule has 0 saturated carbocycles. The van der Waals surface area contributed by atoms with Crippen molar-refractivity contribution in [3.05, 3.63) is 54.6 Å². The van der Waals surface area contributed by atoms with Crippen molar-refractivity contribution in [2.24, 2.45) is 0 Å². The summed E-state index contributed by atoms with van der Waals surface area (Å²) in [4.78, 5) is 26.2. The Morgan fingerprint density at radius 2 is 2.00 bits per heavy atom. The van der Waals surface area contributed by atoms with E-state index >= 15 is 0 Å². The second-order valence-corrected chi connectivity index (χ2v) is 9.51. The number of carbonyl (C=O) groups excluding carboxylic acids is 1. The number of imidazole rings is 1. The van der Waals surface area contributed by atoms with E-state index in [4.69, 9.17) is 9.47 Å². The van der Waals surface area contributed by atoms with Crippen LogP contribution in [0.4, 0.5) is 11.5 Å². The van der Waals surface area contributed by atoms with Crippen molar-refractivity contribution >= 4 is 28.6 Å². The Kier molecular flexibility index (Phi) is 6.93. The van der Waals surface area contributed by atoms with Crippen molar-refractivity contribution in [1.29, 1.82) is 0 Å². The third-order valence-electron chi connectivity index (χ3n) is 6.75. The zero-order chi connectivity index (χ0) is 26.9. The van der Waals surface area contributed by atoms with Gasteiger partial charge in [0.05, 0.1) is 50.1 Å². The molecule has 0 unspecified atom stereocenters. The molecule has 5 N–H and O–H groups in total. The van der Waals surface area contributed by atoms with Crippen molar-refractivity contribution in [2.75, 3.05) is 30.5 Å². The molecule has 3 aromatic heterocycles. The van der Waals surface area contributed by atoms with E-state index in [-0.39, 0.29) is 24.3 Å². The van der Waals surface area contributed by atoms with Gasteiger partial charge in [0.1, 0.15) is 18.3 Å². The lowest BCUT2D eigenvalue weighted by molar-refractivity contribution is -0.115. The summed E-state index contributed by atoms with van der Waals surface area (Å²) in [7, 11) is 0. The molecule has 1 amide bonds. The first-order valence-electron chi connectivity index (χ1n) is 12.6. The molecule has 2 aliphatic rings. The van der Waals surface area contributed by atoms with E-state index in [9.17, 15) is 20.1 Å². The zero-order valence-corrected chi connectivity index (χ0v) is 20.8. The molecule has 0 bridgehead atoms. The fraction of sp³-hybridized carbons (Fsp3) is 0.400. The van der Waals surface area contributed by atoms with Crippen molar-refractivity contribution in [3.63, 3.8) is 0 Å². The molecule has 2 fully saturated rings. The number of hydrogen-bond donors (Lipinski definition) is 5. The molecule has 2 aliphatic heterocycles. The van der Waals surface area contributed by atoms with Gasteiger partial charge in [-0.1, -0.05) is 30.3 Å². The maximum absolute atomic E-state index is 12.5. The minimum absolute atomic E-state index is 0.0143. The molecule has 14 heteroatoms. The van der Waals surface area contributed by atoms with E-state index < -0.39 is 31.1 Å². The monoisotopic (exact) mass is 536 g/mol. The Bertz CT molecular complexity index is 1450. The van der Waals surface area contributed by atoms with Gasteiger partial charge in [0, 0.05) is 6.61 Å². The quantitative estimate of drug-likeness (QED) is 0.204. The number of rotatable bonds is 8. The van der Waals surface area contributed by atoms with Crippen LogP contribution in [0.5, 0.6) is 0 Å². The summed E-state index contributed by atoms with van der Waals surface area (Å²) in [5.41, 5.74) is 2.10. The molecule has 39 heavy (non-hydrogen) atoms. The van der Waals surface area contributed by atoms with E-state index in [1.807, 2.05) is 30.3 Å². The third kappa shape index (κ3) is 5.07. The molecule has 6 rings (SSSR count). The molecule has 2 saturated heterocycles. The van der Waals surface area contributed by atoms with Gasteiger partial charge in [0.25, 0.3) is 5.95 Å². The molecule has 14 nitrogen and oxygen atoms in total. The smallest absolute Gasteiger partial charge is 0.254 e. The summed E-state index contributed by atoms with van der Waals surface area (Å²) in [6, 6.07) is 9.42. The summed E-state index contributed by atoms with van der Waals surface area (Å²) in [6.07, 6.45) is 0.970. The molecule has 4 aromatic rings. The number of benzene rings is 1. The first-order chi connectivity index (χ1) is 19.0. The highest BCUT2D eigenvalue weighted by Crippen LogP contribution is 2.33. The summed E-state index contributed by atoms with van der Waals surface area (Å²) < 4.78 is 14.1. The molecular weight excluding hydrogens is 508 g/mol. The Morgan fingerprint density at radius 3 is 2.74 bits per heavy atom. The van der Waals surface area contributed by atoms with Crippen molar-refractivity contribution < 1.29 is 29.6 Å². The van der Waals surface area contributed by atoms with E-state index in [0.717, 1.165) is 12.0 Å². The number of fused-ring (bicyclic) bond motifs is 1. The predicted octanol–water partition coefficient (Wildman–Crippen LogP) is 0.00550. The summed E-state index contributed by atoms with van der Waals surface area (Å²) in [6.45, 7) is 0.679. The Labute approximate surface area is 222 Å². The molecule has 5 heterocycles. The Morgan fingerprint density at radius 1 is 1.15 bits per heavy atom. The van der Waals surface area contributed by atoms with E-state index in [1.54, 1.807) is 6.20 Å². The third-order valence-corrected chi connectivity index (χ3v) is 6.75. The number of amides is 1. The van der Waals surface area contributed by atoms with Crippen LogP contribution in [0.1, 0.15) is 18.2 Å². The van der Waals surface area contributed by atoms with E-state index in [0.29, 0.717) is 35.9 Å². The highest BCUT2D eigenvalue weighted by atomic mass is 16.6. The number of carbonyl (C=O) groups is 1. The standard InChI is InChI=1S/C25H28N8O6/c34-11-17-20(36)21(37)24(39-17)32-13-26-19-22(29-15-6-7-38-12-15)30-25(31-23(19)32)33-10-16(9-27-33)28-18(35)8-14-4-2-1-3-5-14/h1-5,9-10,13,15,17,20-21,24,34,36-37H,6-8,11-12H2,(H,28,35)(H,29,30,31)/t15-,17-,20-,21-,24-/m1/s1. The normalized spacial score (nSPS) is 24.8. The lowest BCUT2D eigenvalue weighted by atomic mass is 10.1. The maximum atomic E-state index is 12.5. The lowest BCUT2D eigenvalue weighted by Gasteiger charge is -2.17. The van der Waals surface area contributed by atoms with Crippen LogP contribution in [-0.4, -0.2) is 94.7 Å². The number of anilines is 2. The average molecular weight is 537 g/mol. The van der Waals surface area contributed by atoms with Crippen LogP contribution in [0.2, 0.25) is 0 Å². The number of aliphatic hydroxyl groups excluding tert-OH is 3. The summed E-state index contributed by atoms with van der Waals surface area (Å²) in [5.74, 6) is 0.422. The molecule has 204 valence electrons. The fourth-order valence-corrected chi connectivity index (χ4v) is 4.73. The van der Waals surface area contributed by atoms with Gasteiger partial charge in [-0.25, -0.2) is 9.67 Å². The summed E-state index contributed by atoms with van der Waals surface area (Å²) >= 11 is 0. The topological polar surface area (TPSA) is 182 Å². The zero-order valence-electron chi connectivity index (χ0n) is 20.8. The molecule has 0 aliphatic carbocycles. The van der Waals surface area contributed by atoms with Gasteiger partial charge in [0.15, 0.2) is 23.2 Å². The number of nitrogens with zero attached hydrogens (tertiary/aromatic N) is 6. The largest absolute Gasteiger partial charge is 0.394 e. The number of ether oxygens (including phenoxy) is 2. The number of aromatic nitrogens is 6. The Hall–Kier alpha value is -3.95. The Balaban J connectivity index is 1.32. The molecule has 5 atom stereocenters. The molecular formula is C25H28N8O6. The first-order valence-corrected chi connectivity index (χ1v) is 12.6. The van der Waals surface area contributed by atoms with Crippen LogP contribution < -0.4 is 10.6 Å². The van der Waals surface area contributed by atoms with Crippen molar-refractivity contribution in [1.82, 2.24) is 29.3 Å². The minimum Gasteiger partial charge on any atom is -0.394 e. The van der Waals surface area contributed by atoms with Crippen LogP contribution >= 0.6 is 0 Å². The number of nitrogens with one attached hydrogen (secondary N) is 2. The van der Waals surface area contributed by atoms with E-state index in [2.05, 4.69) is 30.7 Å². The predicted molar refractivity (Wildman–Crippen MR) is 137 cm³/mol. The van der Waals surface area contributed by atoms with Gasteiger partial charge in [-0.05, 0) is 12.0 Å². The van der Waals surface area contributed by atoms with Crippen LogP contribution in [-0.2, 0) is 20.7 Å². The fourth-order valence-electron chi connectivity index (χ4n) is 4.73. The van der Waals surface area contributed by atoms with Gasteiger partial charge >= 0.3 is 0 Å². The minimum atomic E-state index is -1.31. The van der Waals surface area contributed by atoms with Crippen molar-refractivity contribution in [2.45, 2.75) is 43.4 Å². The highest BCUT2D eigenvalue weighted by Gasteiger charge is 2.44. The molecule has 1 aromatic carbocycles. The van der Waals surface area contributed by atoms with Crippen molar-refractivity contribution in [3.8, 4) is 5.95 Å². The maximum Gasteiger partial charge on any atom is 0.254 e. The number of hydrogen-bond acceptors (Lipinski definition) is 11. The van der Waals surface area contributed by atoms with Crippen LogP contribution in [0.3, 0.4) is 0 Å². The van der Waals surface area contributed by atoms with Gasteiger partial charge in [0.2, 0.25) is 5.91 Å². The molecule has 0 radical (unpaired) electrons. The second-order valence-electron chi connectivity index (χ2n) is 9.51. The van der Waals surface area contributed by atoms with Gasteiger partial charge in [-0.15, -0.1) is 0 Å². The lowest BCUT2D eigenvalue weighted by Crippen LogP contribution is -2.33. The first kappa shape index (κ1) is 25.3. The van der Waals surface area contributed by atoms with Gasteiger partial charge < -0.3 is 35.4 Å². The highest BCUT2D eigenvalue weighted by molar-refractivity contribution is 5.92. The van der Waals surface area contributed by atoms with Crippen LogP contribution in [0, 0.1) is 0 Å². The molecule has 0 spiro atoms.